The van der Waals surface area contributed by atoms with Crippen molar-refractivity contribution in [3.05, 3.63) is 56.6 Å². The van der Waals surface area contributed by atoms with Crippen molar-refractivity contribution in [3.8, 4) is 0 Å². The van der Waals surface area contributed by atoms with Gasteiger partial charge in [-0.3, -0.25) is 4.79 Å². The van der Waals surface area contributed by atoms with Gasteiger partial charge in [0, 0.05) is 46.1 Å². The minimum Gasteiger partial charge on any atom is -0.298 e. The lowest BCUT2D eigenvalue weighted by molar-refractivity contribution is 0.112. The van der Waals surface area contributed by atoms with Gasteiger partial charge >= 0.3 is 0 Å². The minimum atomic E-state index is 0.868. The van der Waals surface area contributed by atoms with Gasteiger partial charge in [0.15, 0.2) is 6.29 Å². The van der Waals surface area contributed by atoms with Crippen molar-refractivity contribution in [2.45, 2.75) is 71.1 Å². The summed E-state index contributed by atoms with van der Waals surface area (Å²) in [5.41, 5.74) is 0.878. The maximum absolute atomic E-state index is 11.7. The first-order valence-electron chi connectivity index (χ1n) is 11.2. The van der Waals surface area contributed by atoms with Crippen LogP contribution in [0.15, 0.2) is 36.4 Å². The average molecular weight is 455 g/mol. The second-order valence-electron chi connectivity index (χ2n) is 8.11. The molecule has 1 aromatic carbocycles. The molecule has 3 heterocycles. The minimum absolute atomic E-state index is 0.868. The van der Waals surface area contributed by atoms with Crippen LogP contribution in [-0.2, 0) is 12.8 Å². The summed E-state index contributed by atoms with van der Waals surface area (Å²) in [5.74, 6) is 0. The van der Waals surface area contributed by atoms with Gasteiger partial charge in [-0.25, -0.2) is 0 Å². The molecule has 158 valence electrons. The van der Waals surface area contributed by atoms with Crippen molar-refractivity contribution in [1.82, 2.24) is 0 Å². The quantitative estimate of drug-likeness (QED) is 0.154. The molecule has 0 radical (unpaired) electrons. The molecule has 0 aliphatic rings. The van der Waals surface area contributed by atoms with Crippen LogP contribution in [0.2, 0.25) is 0 Å². The van der Waals surface area contributed by atoms with Gasteiger partial charge in [-0.2, -0.15) is 0 Å². The number of benzene rings is 1. The summed E-state index contributed by atoms with van der Waals surface area (Å²) in [6.07, 6.45) is 14.2. The van der Waals surface area contributed by atoms with Gasteiger partial charge in [-0.1, -0.05) is 70.1 Å². The van der Waals surface area contributed by atoms with E-state index in [1.165, 1.54) is 86.5 Å². The summed E-state index contributed by atoms with van der Waals surface area (Å²) in [6, 6.07) is 13.0. The number of fused-ring (bicyclic) bond motifs is 2. The first-order chi connectivity index (χ1) is 14.8. The highest BCUT2D eigenvalue weighted by Crippen LogP contribution is 2.37. The Balaban J connectivity index is 1.32. The van der Waals surface area contributed by atoms with E-state index in [1.807, 2.05) is 34.8 Å². The maximum atomic E-state index is 11.7. The first-order valence-corrected chi connectivity index (χ1v) is 13.7. The molecule has 1 nitrogen and oxygen atoms in total. The Bertz CT molecular complexity index is 1070. The highest BCUT2D eigenvalue weighted by atomic mass is 32.1. The van der Waals surface area contributed by atoms with E-state index in [9.17, 15) is 4.79 Å². The number of unbranched alkanes of at least 4 members (excludes halogenated alkanes) is 7. The predicted octanol–water partition coefficient (Wildman–Crippen LogP) is 9.26. The van der Waals surface area contributed by atoms with Crippen LogP contribution >= 0.6 is 34.0 Å². The molecule has 0 atom stereocenters. The molecule has 4 aromatic rings. The fourth-order valence-electron chi connectivity index (χ4n) is 4.11. The van der Waals surface area contributed by atoms with Gasteiger partial charge in [-0.05, 0) is 31.0 Å². The summed E-state index contributed by atoms with van der Waals surface area (Å²) < 4.78 is 4.04. The zero-order valence-electron chi connectivity index (χ0n) is 17.7. The molecule has 30 heavy (non-hydrogen) atoms. The van der Waals surface area contributed by atoms with Crippen molar-refractivity contribution in [2.24, 2.45) is 0 Å². The van der Waals surface area contributed by atoms with E-state index in [1.54, 1.807) is 11.3 Å². The Morgan fingerprint density at radius 2 is 1.43 bits per heavy atom. The molecule has 4 heteroatoms. The Morgan fingerprint density at radius 3 is 2.20 bits per heavy atom. The first kappa shape index (κ1) is 21.7. The highest BCUT2D eigenvalue weighted by Gasteiger charge is 2.14. The van der Waals surface area contributed by atoms with Crippen molar-refractivity contribution >= 4 is 59.8 Å². The van der Waals surface area contributed by atoms with Gasteiger partial charge in [-0.15, -0.1) is 34.0 Å². The fourth-order valence-corrected chi connectivity index (χ4v) is 7.90. The topological polar surface area (TPSA) is 17.1 Å². The fraction of sp³-hybridized carbons (Fsp3) is 0.423. The number of hydrogen-bond acceptors (Lipinski definition) is 4. The molecule has 0 spiro atoms. The second kappa shape index (κ2) is 10.7. The van der Waals surface area contributed by atoms with Crippen LogP contribution in [0.3, 0.4) is 0 Å². The molecule has 0 aliphatic heterocycles. The van der Waals surface area contributed by atoms with E-state index in [4.69, 9.17) is 0 Å². The molecule has 0 fully saturated rings. The van der Waals surface area contributed by atoms with Crippen molar-refractivity contribution in [1.29, 1.82) is 0 Å². The molecule has 0 aliphatic carbocycles. The van der Waals surface area contributed by atoms with Gasteiger partial charge in [0.05, 0.1) is 0 Å². The number of thiophene rings is 3. The van der Waals surface area contributed by atoms with Gasteiger partial charge in [0.2, 0.25) is 0 Å². The standard InChI is InChI=1S/C26H30OS3/c1-2-3-4-5-6-7-8-9-12-19-15-25-26(28-19)17-20(29-25)16-24-22(18-27)21-13-10-11-14-23(21)30-24/h10-11,13-15,17-18H,2-9,12,16H2,1H3. The van der Waals surface area contributed by atoms with Crippen LogP contribution < -0.4 is 0 Å². The third kappa shape index (κ3) is 5.22. The van der Waals surface area contributed by atoms with Crippen LogP contribution in [0, 0.1) is 0 Å². The monoisotopic (exact) mass is 454 g/mol. The maximum Gasteiger partial charge on any atom is 0.151 e. The third-order valence-electron chi connectivity index (χ3n) is 5.75. The van der Waals surface area contributed by atoms with Crippen molar-refractivity contribution < 1.29 is 4.79 Å². The Hall–Kier alpha value is -1.49. The number of aldehydes is 1. The normalized spacial score (nSPS) is 11.6. The largest absolute Gasteiger partial charge is 0.298 e. The zero-order chi connectivity index (χ0) is 20.8. The Kier molecular flexibility index (Phi) is 7.75. The number of carbonyl (C=O) groups is 1. The summed E-state index contributed by atoms with van der Waals surface area (Å²) in [5, 5.41) is 1.10. The van der Waals surface area contributed by atoms with Gasteiger partial charge in [0.1, 0.15) is 0 Å². The zero-order valence-corrected chi connectivity index (χ0v) is 20.2. The SMILES string of the molecule is CCCCCCCCCCc1cc2sc(Cc3sc4ccccc4c3C=O)cc2s1. The van der Waals surface area contributed by atoms with Crippen molar-refractivity contribution in [3.63, 3.8) is 0 Å². The second-order valence-corrected chi connectivity index (χ2v) is 11.6. The van der Waals surface area contributed by atoms with E-state index in [0.717, 1.165) is 23.7 Å². The summed E-state index contributed by atoms with van der Waals surface area (Å²) in [4.78, 5) is 15.8. The lowest BCUT2D eigenvalue weighted by atomic mass is 10.1. The summed E-state index contributed by atoms with van der Waals surface area (Å²) in [7, 11) is 0. The van der Waals surface area contributed by atoms with Crippen LogP contribution in [0.1, 0.15) is 83.3 Å². The van der Waals surface area contributed by atoms with Crippen LogP contribution in [-0.4, -0.2) is 6.29 Å². The lowest BCUT2D eigenvalue weighted by Gasteiger charge is -2.00. The van der Waals surface area contributed by atoms with E-state index in [-0.39, 0.29) is 0 Å². The van der Waals surface area contributed by atoms with Crippen molar-refractivity contribution in [2.75, 3.05) is 0 Å². The predicted molar refractivity (Wildman–Crippen MR) is 136 cm³/mol. The van der Waals surface area contributed by atoms with E-state index >= 15 is 0 Å². The molecular formula is C26H30OS3. The molecule has 4 rings (SSSR count). The van der Waals surface area contributed by atoms with Gasteiger partial charge < -0.3 is 0 Å². The Morgan fingerprint density at radius 1 is 0.767 bits per heavy atom. The summed E-state index contributed by atoms with van der Waals surface area (Å²) in [6.45, 7) is 2.28. The highest BCUT2D eigenvalue weighted by molar-refractivity contribution is 7.28. The molecule has 0 saturated heterocycles. The molecule has 3 aromatic heterocycles. The van der Waals surface area contributed by atoms with E-state index < -0.39 is 0 Å². The lowest BCUT2D eigenvalue weighted by Crippen LogP contribution is -1.86. The molecule has 0 amide bonds. The van der Waals surface area contributed by atoms with Crippen LogP contribution in [0.25, 0.3) is 19.5 Å². The van der Waals surface area contributed by atoms with E-state index in [2.05, 4.69) is 31.2 Å². The van der Waals surface area contributed by atoms with Crippen LogP contribution in [0.5, 0.6) is 0 Å². The van der Waals surface area contributed by atoms with E-state index in [0.29, 0.717) is 0 Å². The molecular weight excluding hydrogens is 424 g/mol. The molecule has 0 unspecified atom stereocenters. The number of aryl methyl sites for hydroxylation is 1. The third-order valence-corrected chi connectivity index (χ3v) is 9.29. The molecule has 0 N–H and O–H groups in total. The molecule has 0 saturated carbocycles. The van der Waals surface area contributed by atoms with Gasteiger partial charge in [0.25, 0.3) is 0 Å². The average Bonchev–Trinajstić information content (AvgIpc) is 3.40. The molecule has 0 bridgehead atoms. The summed E-state index contributed by atoms with van der Waals surface area (Å²) >= 11 is 5.62. The Labute approximate surface area is 191 Å². The number of hydrogen-bond donors (Lipinski definition) is 0. The smallest absolute Gasteiger partial charge is 0.151 e. The number of rotatable bonds is 12. The number of carbonyl (C=O) groups excluding carboxylic acids is 1. The van der Waals surface area contributed by atoms with Crippen LogP contribution in [0.4, 0.5) is 0 Å².